The maximum absolute atomic E-state index is 14.0. The predicted molar refractivity (Wildman–Crippen MR) is 164 cm³/mol. The molecule has 41 heavy (non-hydrogen) atoms. The number of carbonyl (C=O) groups is 2. The van der Waals surface area contributed by atoms with Crippen LogP contribution in [0, 0.1) is 12.8 Å². The van der Waals surface area contributed by atoms with Gasteiger partial charge in [0.1, 0.15) is 0 Å². The van der Waals surface area contributed by atoms with Crippen LogP contribution < -0.4 is 14.9 Å². The van der Waals surface area contributed by atoms with Crippen molar-refractivity contribution in [3.8, 4) is 0 Å². The maximum atomic E-state index is 14.0. The first-order chi connectivity index (χ1) is 19.6. The highest BCUT2D eigenvalue weighted by Crippen LogP contribution is 2.30. The molecule has 4 aromatic carbocycles. The van der Waals surface area contributed by atoms with Gasteiger partial charge in [-0.05, 0) is 66.9 Å². The van der Waals surface area contributed by atoms with Crippen molar-refractivity contribution in [2.75, 3.05) is 16.2 Å². The predicted octanol–water partition coefficient (Wildman–Crippen LogP) is 6.68. The Labute approximate surface area is 246 Å². The van der Waals surface area contributed by atoms with E-state index in [0.717, 1.165) is 5.56 Å². The summed E-state index contributed by atoms with van der Waals surface area (Å²) in [5.74, 6) is -0.603. The van der Waals surface area contributed by atoms with E-state index < -0.39 is 15.9 Å². The molecule has 0 radical (unpaired) electrons. The summed E-state index contributed by atoms with van der Waals surface area (Å²) in [6.45, 7) is 6.31. The van der Waals surface area contributed by atoms with Crippen LogP contribution in [0.3, 0.4) is 0 Å². The molecule has 0 saturated heterocycles. The van der Waals surface area contributed by atoms with Gasteiger partial charge in [0.2, 0.25) is 0 Å². The number of anilines is 2. The standard InChI is InChI=1S/C32H32ClN3O4S/c1-22(2)20-34-31(37)27-8-4-6-10-29(27)35-32(38)28-9-5-7-11-30(28)36(21-24-14-16-25(33)17-15-24)41(39,40)26-18-12-23(3)13-19-26/h4-19,22H,20-21H2,1-3H3,(H,34,37)(H,35,38). The van der Waals surface area contributed by atoms with Gasteiger partial charge in [-0.2, -0.15) is 0 Å². The fourth-order valence-electron chi connectivity index (χ4n) is 4.15. The second-order valence-electron chi connectivity index (χ2n) is 10.1. The van der Waals surface area contributed by atoms with Crippen LogP contribution in [0.4, 0.5) is 11.4 Å². The summed E-state index contributed by atoms with van der Waals surface area (Å²) in [5.41, 5.74) is 2.57. The van der Waals surface area contributed by atoms with Crippen LogP contribution in [-0.4, -0.2) is 26.8 Å². The number of benzene rings is 4. The molecule has 4 rings (SSSR count). The lowest BCUT2D eigenvalue weighted by Gasteiger charge is -2.27. The fourth-order valence-corrected chi connectivity index (χ4v) is 5.75. The molecule has 0 aliphatic rings. The smallest absolute Gasteiger partial charge is 0.264 e. The molecule has 0 aliphatic carbocycles. The van der Waals surface area contributed by atoms with E-state index in [1.54, 1.807) is 97.1 Å². The van der Waals surface area contributed by atoms with Crippen LogP contribution in [0.15, 0.2) is 102 Å². The van der Waals surface area contributed by atoms with E-state index in [2.05, 4.69) is 10.6 Å². The normalized spacial score (nSPS) is 11.2. The average Bonchev–Trinajstić information content (AvgIpc) is 2.96. The van der Waals surface area contributed by atoms with Gasteiger partial charge in [0, 0.05) is 11.6 Å². The van der Waals surface area contributed by atoms with Gasteiger partial charge < -0.3 is 10.6 Å². The third kappa shape index (κ3) is 7.34. The monoisotopic (exact) mass is 589 g/mol. The minimum absolute atomic E-state index is 0.0358. The number of halogens is 1. The summed E-state index contributed by atoms with van der Waals surface area (Å²) in [7, 11) is -4.09. The molecule has 0 atom stereocenters. The quantitative estimate of drug-likeness (QED) is 0.216. The van der Waals surface area contributed by atoms with Crippen molar-refractivity contribution in [1.29, 1.82) is 0 Å². The Morgan fingerprint density at radius 3 is 2.07 bits per heavy atom. The highest BCUT2D eigenvalue weighted by molar-refractivity contribution is 7.92. The number of para-hydroxylation sites is 2. The molecule has 0 unspecified atom stereocenters. The van der Waals surface area contributed by atoms with Crippen molar-refractivity contribution in [1.82, 2.24) is 5.32 Å². The van der Waals surface area contributed by atoms with E-state index in [-0.39, 0.29) is 34.5 Å². The lowest BCUT2D eigenvalue weighted by Crippen LogP contribution is -2.32. The van der Waals surface area contributed by atoms with E-state index in [1.807, 2.05) is 20.8 Å². The van der Waals surface area contributed by atoms with Crippen LogP contribution in [0.25, 0.3) is 0 Å². The third-order valence-electron chi connectivity index (χ3n) is 6.36. The van der Waals surface area contributed by atoms with E-state index >= 15 is 0 Å². The number of rotatable bonds is 10. The summed E-state index contributed by atoms with van der Waals surface area (Å²) in [6.07, 6.45) is 0. The van der Waals surface area contributed by atoms with Gasteiger partial charge in [0.25, 0.3) is 21.8 Å². The van der Waals surface area contributed by atoms with Crippen molar-refractivity contribution in [2.45, 2.75) is 32.2 Å². The topological polar surface area (TPSA) is 95.6 Å². The molecule has 0 fully saturated rings. The Hall–Kier alpha value is -4.14. The molecular formula is C32H32ClN3O4S. The van der Waals surface area contributed by atoms with Gasteiger partial charge in [-0.15, -0.1) is 0 Å². The van der Waals surface area contributed by atoms with Gasteiger partial charge in [-0.1, -0.05) is 79.5 Å². The molecule has 9 heteroatoms. The molecule has 7 nitrogen and oxygen atoms in total. The van der Waals surface area contributed by atoms with Gasteiger partial charge in [0.15, 0.2) is 0 Å². The van der Waals surface area contributed by atoms with E-state index in [9.17, 15) is 18.0 Å². The number of hydrogen-bond acceptors (Lipinski definition) is 4. The Balaban J connectivity index is 1.74. The summed E-state index contributed by atoms with van der Waals surface area (Å²) in [6, 6.07) is 26.6. The van der Waals surface area contributed by atoms with Crippen molar-refractivity contribution in [3.63, 3.8) is 0 Å². The molecule has 0 spiro atoms. The van der Waals surface area contributed by atoms with Gasteiger partial charge in [0.05, 0.1) is 33.9 Å². The van der Waals surface area contributed by atoms with E-state index in [0.29, 0.717) is 28.4 Å². The fraction of sp³-hybridized carbons (Fsp3) is 0.188. The molecule has 0 aliphatic heterocycles. The Kier molecular flexibility index (Phi) is 9.47. The minimum Gasteiger partial charge on any atom is -0.352 e. The van der Waals surface area contributed by atoms with Crippen LogP contribution in [0.1, 0.15) is 45.7 Å². The Bertz CT molecular complexity index is 1640. The molecular weight excluding hydrogens is 558 g/mol. The SMILES string of the molecule is Cc1ccc(S(=O)(=O)N(Cc2ccc(Cl)cc2)c2ccccc2C(=O)Nc2ccccc2C(=O)NCC(C)C)cc1. The highest BCUT2D eigenvalue weighted by atomic mass is 35.5. The molecule has 2 amide bonds. The van der Waals surface area contributed by atoms with E-state index in [1.165, 1.54) is 4.31 Å². The number of carbonyl (C=O) groups excluding carboxylic acids is 2. The zero-order chi connectivity index (χ0) is 29.6. The van der Waals surface area contributed by atoms with Crippen LogP contribution >= 0.6 is 11.6 Å². The van der Waals surface area contributed by atoms with Gasteiger partial charge in [-0.3, -0.25) is 13.9 Å². The largest absolute Gasteiger partial charge is 0.352 e. The van der Waals surface area contributed by atoms with Crippen molar-refractivity contribution in [2.24, 2.45) is 5.92 Å². The molecule has 4 aromatic rings. The first-order valence-corrected chi connectivity index (χ1v) is 15.0. The number of nitrogens with zero attached hydrogens (tertiary/aromatic N) is 1. The molecule has 0 saturated carbocycles. The summed E-state index contributed by atoms with van der Waals surface area (Å²) >= 11 is 6.07. The second kappa shape index (κ2) is 13.0. The zero-order valence-electron chi connectivity index (χ0n) is 23.1. The van der Waals surface area contributed by atoms with Crippen molar-refractivity contribution in [3.05, 3.63) is 124 Å². The first kappa shape index (κ1) is 29.8. The lowest BCUT2D eigenvalue weighted by molar-refractivity contribution is 0.0950. The van der Waals surface area contributed by atoms with E-state index in [4.69, 9.17) is 11.6 Å². The van der Waals surface area contributed by atoms with Crippen molar-refractivity contribution >= 4 is 44.8 Å². The number of sulfonamides is 1. The van der Waals surface area contributed by atoms with Crippen LogP contribution in [0.2, 0.25) is 5.02 Å². The number of amides is 2. The summed E-state index contributed by atoms with van der Waals surface area (Å²) in [4.78, 5) is 26.6. The summed E-state index contributed by atoms with van der Waals surface area (Å²) in [5, 5.41) is 6.21. The van der Waals surface area contributed by atoms with Gasteiger partial charge in [-0.25, -0.2) is 8.42 Å². The second-order valence-corrected chi connectivity index (χ2v) is 12.4. The number of nitrogens with one attached hydrogen (secondary N) is 2. The lowest BCUT2D eigenvalue weighted by atomic mass is 10.1. The molecule has 0 heterocycles. The highest BCUT2D eigenvalue weighted by Gasteiger charge is 2.29. The molecule has 212 valence electrons. The van der Waals surface area contributed by atoms with Crippen LogP contribution in [-0.2, 0) is 16.6 Å². The summed E-state index contributed by atoms with van der Waals surface area (Å²) < 4.78 is 29.3. The Morgan fingerprint density at radius 2 is 1.41 bits per heavy atom. The number of aryl methyl sites for hydroxylation is 1. The third-order valence-corrected chi connectivity index (χ3v) is 8.38. The van der Waals surface area contributed by atoms with Crippen LogP contribution in [0.5, 0.6) is 0 Å². The van der Waals surface area contributed by atoms with Gasteiger partial charge >= 0.3 is 0 Å². The van der Waals surface area contributed by atoms with Crippen molar-refractivity contribution < 1.29 is 18.0 Å². The minimum atomic E-state index is -4.09. The number of hydrogen-bond donors (Lipinski definition) is 2. The Morgan fingerprint density at radius 1 is 0.805 bits per heavy atom. The molecule has 2 N–H and O–H groups in total. The zero-order valence-corrected chi connectivity index (χ0v) is 24.7. The maximum Gasteiger partial charge on any atom is 0.264 e. The average molecular weight is 590 g/mol. The molecule has 0 bridgehead atoms. The molecule has 0 aromatic heterocycles. The first-order valence-electron chi connectivity index (χ1n) is 13.2.